The SMILES string of the molecule is CCCNc1ccc(C(=O)Nc2cnc(Br)cn2)cc1. The molecule has 1 heterocycles. The van der Waals surface area contributed by atoms with Gasteiger partial charge in [-0.25, -0.2) is 9.97 Å². The van der Waals surface area contributed by atoms with E-state index in [1.54, 1.807) is 12.1 Å². The van der Waals surface area contributed by atoms with Gasteiger partial charge < -0.3 is 10.6 Å². The average Bonchev–Trinajstić information content (AvgIpc) is 2.48. The molecule has 0 atom stereocenters. The van der Waals surface area contributed by atoms with Crippen molar-refractivity contribution >= 4 is 33.3 Å². The third kappa shape index (κ3) is 4.03. The highest BCUT2D eigenvalue weighted by Crippen LogP contribution is 2.12. The number of amides is 1. The van der Waals surface area contributed by atoms with Crippen molar-refractivity contribution in [3.8, 4) is 0 Å². The van der Waals surface area contributed by atoms with E-state index in [4.69, 9.17) is 0 Å². The number of rotatable bonds is 5. The van der Waals surface area contributed by atoms with Crippen LogP contribution in [0.25, 0.3) is 0 Å². The van der Waals surface area contributed by atoms with Crippen LogP contribution >= 0.6 is 15.9 Å². The average molecular weight is 335 g/mol. The summed E-state index contributed by atoms with van der Waals surface area (Å²) in [5, 5.41) is 5.95. The molecule has 2 rings (SSSR count). The first-order chi connectivity index (χ1) is 9.69. The second kappa shape index (κ2) is 7.00. The Kier molecular flexibility index (Phi) is 5.06. The Hall–Kier alpha value is -1.95. The van der Waals surface area contributed by atoms with Crippen LogP contribution < -0.4 is 10.6 Å². The maximum Gasteiger partial charge on any atom is 0.256 e. The Morgan fingerprint density at radius 3 is 2.55 bits per heavy atom. The van der Waals surface area contributed by atoms with Crippen LogP contribution in [0.3, 0.4) is 0 Å². The quantitative estimate of drug-likeness (QED) is 0.880. The molecule has 20 heavy (non-hydrogen) atoms. The van der Waals surface area contributed by atoms with Crippen LogP contribution in [-0.4, -0.2) is 22.4 Å². The van der Waals surface area contributed by atoms with Crippen LogP contribution in [0.2, 0.25) is 0 Å². The minimum Gasteiger partial charge on any atom is -0.385 e. The lowest BCUT2D eigenvalue weighted by atomic mass is 10.2. The van der Waals surface area contributed by atoms with E-state index in [-0.39, 0.29) is 5.91 Å². The third-order valence-electron chi connectivity index (χ3n) is 2.59. The summed E-state index contributed by atoms with van der Waals surface area (Å²) in [5.74, 6) is 0.218. The number of hydrogen-bond acceptors (Lipinski definition) is 4. The molecule has 2 N–H and O–H groups in total. The van der Waals surface area contributed by atoms with Gasteiger partial charge in [-0.15, -0.1) is 0 Å². The van der Waals surface area contributed by atoms with Crippen LogP contribution in [0.15, 0.2) is 41.3 Å². The van der Waals surface area contributed by atoms with Crippen LogP contribution in [-0.2, 0) is 0 Å². The normalized spacial score (nSPS) is 10.1. The first-order valence-electron chi connectivity index (χ1n) is 6.32. The Balaban J connectivity index is 2.00. The zero-order chi connectivity index (χ0) is 14.4. The zero-order valence-corrected chi connectivity index (χ0v) is 12.6. The van der Waals surface area contributed by atoms with Gasteiger partial charge in [-0.3, -0.25) is 4.79 Å². The minimum absolute atomic E-state index is 0.205. The standard InChI is InChI=1S/C14H15BrN4O/c1-2-7-16-11-5-3-10(4-6-11)14(20)19-13-9-17-12(15)8-18-13/h3-6,8-9,16H,2,7H2,1H3,(H,18,19,20). The van der Waals surface area contributed by atoms with Crippen molar-refractivity contribution in [2.24, 2.45) is 0 Å². The van der Waals surface area contributed by atoms with Gasteiger partial charge in [-0.1, -0.05) is 6.92 Å². The molecular weight excluding hydrogens is 320 g/mol. The molecule has 0 saturated heterocycles. The number of nitrogens with one attached hydrogen (secondary N) is 2. The lowest BCUT2D eigenvalue weighted by Gasteiger charge is -2.07. The molecule has 1 aromatic heterocycles. The molecule has 0 unspecified atom stereocenters. The van der Waals surface area contributed by atoms with E-state index in [1.807, 2.05) is 12.1 Å². The predicted molar refractivity (Wildman–Crippen MR) is 82.9 cm³/mol. The van der Waals surface area contributed by atoms with Crippen molar-refractivity contribution in [3.63, 3.8) is 0 Å². The van der Waals surface area contributed by atoms with Gasteiger partial charge in [-0.2, -0.15) is 0 Å². The highest BCUT2D eigenvalue weighted by atomic mass is 79.9. The minimum atomic E-state index is -0.205. The van der Waals surface area contributed by atoms with E-state index in [2.05, 4.69) is 43.5 Å². The summed E-state index contributed by atoms with van der Waals surface area (Å²) in [5.41, 5.74) is 1.59. The summed E-state index contributed by atoms with van der Waals surface area (Å²) in [6, 6.07) is 7.33. The van der Waals surface area contributed by atoms with E-state index < -0.39 is 0 Å². The molecule has 0 radical (unpaired) electrons. The summed E-state index contributed by atoms with van der Waals surface area (Å²) < 4.78 is 0.627. The molecule has 1 amide bonds. The topological polar surface area (TPSA) is 66.9 Å². The number of carbonyl (C=O) groups is 1. The van der Waals surface area contributed by atoms with Crippen LogP contribution in [0, 0.1) is 0 Å². The second-order valence-electron chi connectivity index (χ2n) is 4.18. The van der Waals surface area contributed by atoms with Crippen molar-refractivity contribution in [1.82, 2.24) is 9.97 Å². The number of benzene rings is 1. The van der Waals surface area contributed by atoms with Crippen molar-refractivity contribution < 1.29 is 4.79 Å². The molecule has 6 heteroatoms. The van der Waals surface area contributed by atoms with Gasteiger partial charge in [0.05, 0.1) is 12.4 Å². The Bertz CT molecular complexity index is 569. The first kappa shape index (κ1) is 14.5. The molecule has 0 aliphatic heterocycles. The molecule has 1 aromatic carbocycles. The number of nitrogens with zero attached hydrogens (tertiary/aromatic N) is 2. The van der Waals surface area contributed by atoms with E-state index in [0.29, 0.717) is 16.0 Å². The third-order valence-corrected chi connectivity index (χ3v) is 3.00. The highest BCUT2D eigenvalue weighted by Gasteiger charge is 2.06. The Morgan fingerprint density at radius 1 is 1.20 bits per heavy atom. The zero-order valence-electron chi connectivity index (χ0n) is 11.1. The Morgan fingerprint density at radius 2 is 1.95 bits per heavy atom. The number of carbonyl (C=O) groups excluding carboxylic acids is 1. The Labute approximate surface area is 126 Å². The van der Waals surface area contributed by atoms with Gasteiger partial charge in [0.25, 0.3) is 5.91 Å². The van der Waals surface area contributed by atoms with Crippen molar-refractivity contribution in [2.75, 3.05) is 17.2 Å². The summed E-state index contributed by atoms with van der Waals surface area (Å²) in [6.45, 7) is 3.02. The molecule has 0 fully saturated rings. The van der Waals surface area contributed by atoms with Gasteiger partial charge in [0.1, 0.15) is 4.60 Å². The fourth-order valence-corrected chi connectivity index (χ4v) is 1.78. The number of hydrogen-bond donors (Lipinski definition) is 2. The molecule has 104 valence electrons. The van der Waals surface area contributed by atoms with Crippen LogP contribution in [0.5, 0.6) is 0 Å². The maximum absolute atomic E-state index is 12.0. The number of anilines is 2. The largest absolute Gasteiger partial charge is 0.385 e. The van der Waals surface area contributed by atoms with Gasteiger partial charge >= 0.3 is 0 Å². The fraction of sp³-hybridized carbons (Fsp3) is 0.214. The molecule has 0 spiro atoms. The van der Waals surface area contributed by atoms with E-state index in [1.165, 1.54) is 12.4 Å². The molecule has 0 aliphatic carbocycles. The van der Waals surface area contributed by atoms with Gasteiger partial charge in [0.2, 0.25) is 0 Å². The number of halogens is 1. The first-order valence-corrected chi connectivity index (χ1v) is 7.11. The van der Waals surface area contributed by atoms with Crippen molar-refractivity contribution in [2.45, 2.75) is 13.3 Å². The number of aromatic nitrogens is 2. The van der Waals surface area contributed by atoms with Crippen LogP contribution in [0.4, 0.5) is 11.5 Å². The van der Waals surface area contributed by atoms with Crippen LogP contribution in [0.1, 0.15) is 23.7 Å². The fourth-order valence-electron chi connectivity index (χ4n) is 1.57. The van der Waals surface area contributed by atoms with E-state index in [0.717, 1.165) is 18.7 Å². The van der Waals surface area contributed by atoms with Gasteiger partial charge in [0, 0.05) is 17.8 Å². The lowest BCUT2D eigenvalue weighted by molar-refractivity contribution is 0.102. The summed E-state index contributed by atoms with van der Waals surface area (Å²) >= 11 is 3.19. The van der Waals surface area contributed by atoms with Gasteiger partial charge in [-0.05, 0) is 46.6 Å². The lowest BCUT2D eigenvalue weighted by Crippen LogP contribution is -2.13. The van der Waals surface area contributed by atoms with E-state index >= 15 is 0 Å². The highest BCUT2D eigenvalue weighted by molar-refractivity contribution is 9.10. The second-order valence-corrected chi connectivity index (χ2v) is 5.00. The molecule has 5 nitrogen and oxygen atoms in total. The summed E-state index contributed by atoms with van der Waals surface area (Å²) in [7, 11) is 0. The maximum atomic E-state index is 12.0. The smallest absolute Gasteiger partial charge is 0.256 e. The van der Waals surface area contributed by atoms with E-state index in [9.17, 15) is 4.79 Å². The molecule has 2 aromatic rings. The molecular formula is C14H15BrN4O. The predicted octanol–water partition coefficient (Wildman–Crippen LogP) is 3.31. The summed E-state index contributed by atoms with van der Waals surface area (Å²) in [6.07, 6.45) is 4.09. The van der Waals surface area contributed by atoms with Gasteiger partial charge in [0.15, 0.2) is 5.82 Å². The molecule has 0 bridgehead atoms. The monoisotopic (exact) mass is 334 g/mol. The molecule has 0 aliphatic rings. The van der Waals surface area contributed by atoms with Crippen molar-refractivity contribution in [1.29, 1.82) is 0 Å². The molecule has 0 saturated carbocycles. The summed E-state index contributed by atoms with van der Waals surface area (Å²) in [4.78, 5) is 20.1. The van der Waals surface area contributed by atoms with Crippen molar-refractivity contribution in [3.05, 3.63) is 46.8 Å².